The van der Waals surface area contributed by atoms with E-state index in [1.807, 2.05) is 32.9 Å². The van der Waals surface area contributed by atoms with Crippen molar-refractivity contribution in [3.63, 3.8) is 0 Å². The number of amides is 1. The number of hydrogen-bond donors (Lipinski definition) is 1. The van der Waals surface area contributed by atoms with Crippen LogP contribution in [0.3, 0.4) is 0 Å². The van der Waals surface area contributed by atoms with Crippen molar-refractivity contribution in [2.75, 3.05) is 19.0 Å². The number of anilines is 1. The Balaban J connectivity index is 1.85. The van der Waals surface area contributed by atoms with E-state index in [-0.39, 0.29) is 17.2 Å². The Morgan fingerprint density at radius 2 is 2.10 bits per heavy atom. The van der Waals surface area contributed by atoms with Gasteiger partial charge in [-0.25, -0.2) is 4.79 Å². The smallest absolute Gasteiger partial charge is 0.339 e. The van der Waals surface area contributed by atoms with Crippen molar-refractivity contribution in [1.82, 2.24) is 4.57 Å². The molecule has 162 valence electrons. The van der Waals surface area contributed by atoms with Gasteiger partial charge < -0.3 is 19.4 Å². The number of nitrogens with zero attached hydrogens (tertiary/aromatic N) is 2. The molecule has 1 N–H and O–H groups in total. The van der Waals surface area contributed by atoms with Crippen molar-refractivity contribution >= 4 is 23.6 Å². The number of esters is 1. The molecule has 1 fully saturated rings. The molecule has 1 aromatic heterocycles. The van der Waals surface area contributed by atoms with E-state index in [2.05, 4.69) is 9.88 Å². The number of nitrogens with one attached hydrogen (secondary N) is 1. The molecule has 1 aliphatic heterocycles. The molecule has 2 aromatic rings. The first kappa shape index (κ1) is 22.3. The number of methoxy groups -OCH3 is 1. The van der Waals surface area contributed by atoms with Crippen LogP contribution >= 0.6 is 0 Å². The quantitative estimate of drug-likeness (QED) is 0.433. The average Bonchev–Trinajstić information content (AvgIpc) is 3.36. The minimum absolute atomic E-state index is 0.0474. The molecule has 1 aromatic carbocycles. The predicted octanol–water partition coefficient (Wildman–Crippen LogP) is 3.92. The lowest BCUT2D eigenvalue weighted by atomic mass is 10.1. The van der Waals surface area contributed by atoms with Gasteiger partial charge in [0.2, 0.25) is 0 Å². The lowest BCUT2D eigenvalue weighted by Gasteiger charge is -2.14. The molecule has 0 aliphatic carbocycles. The summed E-state index contributed by atoms with van der Waals surface area (Å²) in [4.78, 5) is 24.9. The van der Waals surface area contributed by atoms with Crippen LogP contribution in [0.25, 0.3) is 6.08 Å². The van der Waals surface area contributed by atoms with Crippen LogP contribution in [0.2, 0.25) is 0 Å². The topological polar surface area (TPSA) is 93.4 Å². The molecule has 1 saturated heterocycles. The summed E-state index contributed by atoms with van der Waals surface area (Å²) in [6.45, 7) is 7.36. The summed E-state index contributed by atoms with van der Waals surface area (Å²) >= 11 is 0. The molecule has 0 saturated carbocycles. The minimum Gasteiger partial charge on any atom is -0.465 e. The van der Waals surface area contributed by atoms with Crippen molar-refractivity contribution < 1.29 is 19.1 Å². The van der Waals surface area contributed by atoms with E-state index in [9.17, 15) is 14.9 Å². The number of aromatic nitrogens is 1. The van der Waals surface area contributed by atoms with Crippen molar-refractivity contribution in [3.05, 3.63) is 57.9 Å². The molecule has 1 aliphatic rings. The Labute approximate surface area is 182 Å². The normalized spacial score (nSPS) is 16.1. The Morgan fingerprint density at radius 1 is 1.32 bits per heavy atom. The van der Waals surface area contributed by atoms with Crippen LogP contribution in [-0.2, 0) is 20.8 Å². The van der Waals surface area contributed by atoms with Crippen molar-refractivity contribution in [2.24, 2.45) is 0 Å². The van der Waals surface area contributed by atoms with Gasteiger partial charge in [0, 0.05) is 24.5 Å². The van der Waals surface area contributed by atoms with Gasteiger partial charge >= 0.3 is 5.97 Å². The number of hydrogen-bond acceptors (Lipinski definition) is 5. The molecule has 0 radical (unpaired) electrons. The molecular formula is C24H27N3O4. The third-order valence-corrected chi connectivity index (χ3v) is 5.52. The van der Waals surface area contributed by atoms with Crippen LogP contribution in [0.15, 0.2) is 29.8 Å². The lowest BCUT2D eigenvalue weighted by molar-refractivity contribution is -0.112. The molecule has 1 atom stereocenters. The Bertz CT molecular complexity index is 1070. The number of nitriles is 1. The van der Waals surface area contributed by atoms with Crippen molar-refractivity contribution in [2.45, 2.75) is 46.3 Å². The van der Waals surface area contributed by atoms with E-state index >= 15 is 0 Å². The molecule has 3 rings (SSSR count). The lowest BCUT2D eigenvalue weighted by Crippen LogP contribution is -2.17. The fourth-order valence-corrected chi connectivity index (χ4v) is 3.79. The number of carbonyl (C=O) groups is 2. The van der Waals surface area contributed by atoms with Crippen LogP contribution in [0.4, 0.5) is 5.69 Å². The van der Waals surface area contributed by atoms with Gasteiger partial charge in [0.15, 0.2) is 0 Å². The molecule has 0 spiro atoms. The molecular weight excluding hydrogens is 394 g/mol. The summed E-state index contributed by atoms with van der Waals surface area (Å²) in [5.41, 5.74) is 4.17. The summed E-state index contributed by atoms with van der Waals surface area (Å²) in [5, 5.41) is 12.3. The van der Waals surface area contributed by atoms with Crippen LogP contribution in [0, 0.1) is 32.1 Å². The number of carbonyl (C=O) groups excluding carboxylic acids is 2. The van der Waals surface area contributed by atoms with E-state index in [1.165, 1.54) is 7.11 Å². The van der Waals surface area contributed by atoms with Gasteiger partial charge in [-0.15, -0.1) is 0 Å². The van der Waals surface area contributed by atoms with E-state index < -0.39 is 11.9 Å². The van der Waals surface area contributed by atoms with Gasteiger partial charge in [0.25, 0.3) is 5.91 Å². The molecule has 0 bridgehead atoms. The first-order valence-electron chi connectivity index (χ1n) is 10.2. The molecule has 1 amide bonds. The second kappa shape index (κ2) is 9.63. The third-order valence-electron chi connectivity index (χ3n) is 5.52. The van der Waals surface area contributed by atoms with Gasteiger partial charge in [-0.2, -0.15) is 5.26 Å². The zero-order chi connectivity index (χ0) is 22.5. The van der Waals surface area contributed by atoms with Crippen LogP contribution in [0.5, 0.6) is 0 Å². The maximum atomic E-state index is 12.8. The van der Waals surface area contributed by atoms with Crippen molar-refractivity contribution in [1.29, 1.82) is 5.26 Å². The summed E-state index contributed by atoms with van der Waals surface area (Å²) in [5.74, 6) is -1.14. The van der Waals surface area contributed by atoms with Gasteiger partial charge in [0.1, 0.15) is 11.6 Å². The number of benzene rings is 1. The molecule has 31 heavy (non-hydrogen) atoms. The number of ether oxygens (including phenoxy) is 2. The predicted molar refractivity (Wildman–Crippen MR) is 118 cm³/mol. The summed E-state index contributed by atoms with van der Waals surface area (Å²) in [6, 6.07) is 8.97. The van der Waals surface area contributed by atoms with E-state index in [4.69, 9.17) is 9.47 Å². The monoisotopic (exact) mass is 421 g/mol. The average molecular weight is 421 g/mol. The second-order valence-electron chi connectivity index (χ2n) is 7.74. The standard InChI is InChI=1S/C24H27N3O4/c1-15-7-8-22(21(10-15)24(29)30-4)26-23(28)19(13-25)12-18-11-16(2)27(17(18)3)14-20-6-5-9-31-20/h7-8,10-12,20H,5-6,9,14H2,1-4H3,(H,26,28)/b19-12+. The first-order valence-corrected chi connectivity index (χ1v) is 10.2. The van der Waals surface area contributed by atoms with Crippen molar-refractivity contribution in [3.8, 4) is 6.07 Å². The van der Waals surface area contributed by atoms with E-state index in [0.29, 0.717) is 5.69 Å². The molecule has 7 heteroatoms. The highest BCUT2D eigenvalue weighted by Crippen LogP contribution is 2.23. The zero-order valence-corrected chi connectivity index (χ0v) is 18.3. The Kier molecular flexibility index (Phi) is 6.93. The summed E-state index contributed by atoms with van der Waals surface area (Å²) < 4.78 is 12.7. The van der Waals surface area contributed by atoms with Gasteiger partial charge in [0.05, 0.1) is 24.5 Å². The summed E-state index contributed by atoms with van der Waals surface area (Å²) in [6.07, 6.45) is 3.88. The first-order chi connectivity index (χ1) is 14.8. The minimum atomic E-state index is -0.583. The van der Waals surface area contributed by atoms with Gasteiger partial charge in [-0.05, 0) is 63.5 Å². The number of aryl methyl sites for hydroxylation is 2. The molecule has 7 nitrogen and oxygen atoms in total. The van der Waals surface area contributed by atoms with Crippen LogP contribution in [0.1, 0.15) is 45.7 Å². The van der Waals surface area contributed by atoms with E-state index in [0.717, 1.165) is 48.5 Å². The molecule has 2 heterocycles. The number of rotatable bonds is 6. The SMILES string of the molecule is COC(=O)c1cc(C)ccc1NC(=O)/C(C#N)=C/c1cc(C)n(CC2CCCO2)c1C. The maximum Gasteiger partial charge on any atom is 0.339 e. The Morgan fingerprint density at radius 3 is 2.74 bits per heavy atom. The summed E-state index contributed by atoms with van der Waals surface area (Å²) in [7, 11) is 1.28. The fourth-order valence-electron chi connectivity index (χ4n) is 3.79. The fraction of sp³-hybridized carbons (Fsp3) is 0.375. The van der Waals surface area contributed by atoms with Crippen LogP contribution in [-0.4, -0.2) is 36.3 Å². The van der Waals surface area contributed by atoms with E-state index in [1.54, 1.807) is 24.3 Å². The zero-order valence-electron chi connectivity index (χ0n) is 18.3. The maximum absolute atomic E-state index is 12.8. The van der Waals surface area contributed by atoms with Gasteiger partial charge in [-0.3, -0.25) is 4.79 Å². The Hall–Kier alpha value is -3.37. The largest absolute Gasteiger partial charge is 0.465 e. The highest BCUT2D eigenvalue weighted by atomic mass is 16.5. The second-order valence-corrected chi connectivity index (χ2v) is 7.74. The highest BCUT2D eigenvalue weighted by Gasteiger charge is 2.20. The molecule has 1 unspecified atom stereocenters. The third kappa shape index (κ3) is 5.04. The van der Waals surface area contributed by atoms with Crippen LogP contribution < -0.4 is 5.32 Å². The van der Waals surface area contributed by atoms with Gasteiger partial charge in [-0.1, -0.05) is 11.6 Å². The highest BCUT2D eigenvalue weighted by molar-refractivity contribution is 6.12.